The van der Waals surface area contributed by atoms with Gasteiger partial charge in [0, 0.05) is 19.6 Å². The molecule has 0 aliphatic carbocycles. The van der Waals surface area contributed by atoms with Crippen LogP contribution in [-0.2, 0) is 4.79 Å². The first-order chi connectivity index (χ1) is 8.79. The van der Waals surface area contributed by atoms with Gasteiger partial charge < -0.3 is 10.6 Å². The summed E-state index contributed by atoms with van der Waals surface area (Å²) < 4.78 is 0. The molecule has 2 rings (SSSR count). The van der Waals surface area contributed by atoms with Crippen molar-refractivity contribution in [2.45, 2.75) is 38.5 Å². The number of rotatable bonds is 4. The molecule has 4 heteroatoms. The molecule has 1 amide bonds. The van der Waals surface area contributed by atoms with Gasteiger partial charge in [-0.05, 0) is 57.5 Å². The van der Waals surface area contributed by atoms with E-state index in [0.717, 1.165) is 39.1 Å². The summed E-state index contributed by atoms with van der Waals surface area (Å²) in [6, 6.07) is 0. The van der Waals surface area contributed by atoms with E-state index in [2.05, 4.69) is 9.80 Å². The Morgan fingerprint density at radius 2 is 1.89 bits per heavy atom. The van der Waals surface area contributed by atoms with Crippen LogP contribution in [0.3, 0.4) is 0 Å². The molecule has 2 N–H and O–H groups in total. The molecule has 0 aromatic rings. The predicted molar refractivity (Wildman–Crippen MR) is 73.3 cm³/mol. The first-order valence-corrected chi connectivity index (χ1v) is 7.50. The van der Waals surface area contributed by atoms with Crippen molar-refractivity contribution in [3.05, 3.63) is 0 Å². The first-order valence-electron chi connectivity index (χ1n) is 7.50. The molecule has 0 aromatic heterocycles. The number of likely N-dealkylation sites (tertiary alicyclic amines) is 2. The minimum atomic E-state index is 0.336. The minimum absolute atomic E-state index is 0.336. The van der Waals surface area contributed by atoms with Gasteiger partial charge in [0.05, 0.1) is 6.54 Å². The fourth-order valence-corrected chi connectivity index (χ4v) is 3.20. The molecule has 18 heavy (non-hydrogen) atoms. The van der Waals surface area contributed by atoms with E-state index in [1.165, 1.54) is 32.1 Å². The Hall–Kier alpha value is -0.610. The summed E-state index contributed by atoms with van der Waals surface area (Å²) in [5, 5.41) is 0. The average Bonchev–Trinajstić information content (AvgIpc) is 2.40. The van der Waals surface area contributed by atoms with Crippen LogP contribution in [0.2, 0.25) is 0 Å². The van der Waals surface area contributed by atoms with Crippen molar-refractivity contribution < 1.29 is 4.79 Å². The quantitative estimate of drug-likeness (QED) is 0.815. The van der Waals surface area contributed by atoms with Crippen molar-refractivity contribution in [3.63, 3.8) is 0 Å². The lowest BCUT2D eigenvalue weighted by Crippen LogP contribution is -2.45. The monoisotopic (exact) mass is 253 g/mol. The number of amides is 1. The second kappa shape index (κ2) is 7.10. The number of nitrogens with zero attached hydrogens (tertiary/aromatic N) is 2. The molecule has 0 saturated carbocycles. The summed E-state index contributed by atoms with van der Waals surface area (Å²) >= 11 is 0. The largest absolute Gasteiger partial charge is 0.342 e. The molecule has 2 saturated heterocycles. The van der Waals surface area contributed by atoms with Crippen LogP contribution in [0.1, 0.15) is 38.5 Å². The Balaban J connectivity index is 1.75. The molecule has 2 heterocycles. The Morgan fingerprint density at radius 3 is 2.61 bits per heavy atom. The van der Waals surface area contributed by atoms with Crippen LogP contribution < -0.4 is 5.73 Å². The van der Waals surface area contributed by atoms with Gasteiger partial charge in [-0.1, -0.05) is 0 Å². The summed E-state index contributed by atoms with van der Waals surface area (Å²) in [5.74, 6) is 1.04. The van der Waals surface area contributed by atoms with Gasteiger partial charge in [-0.25, -0.2) is 0 Å². The molecule has 0 radical (unpaired) electrons. The summed E-state index contributed by atoms with van der Waals surface area (Å²) in [5.41, 5.74) is 5.63. The molecule has 1 atom stereocenters. The van der Waals surface area contributed by atoms with Crippen molar-refractivity contribution >= 4 is 5.91 Å². The zero-order chi connectivity index (χ0) is 12.8. The zero-order valence-electron chi connectivity index (χ0n) is 11.4. The first kappa shape index (κ1) is 13.8. The van der Waals surface area contributed by atoms with Gasteiger partial charge in [0.1, 0.15) is 0 Å². The molecule has 0 aromatic carbocycles. The number of hydrogen-bond acceptors (Lipinski definition) is 3. The van der Waals surface area contributed by atoms with Gasteiger partial charge in [0.25, 0.3) is 0 Å². The highest BCUT2D eigenvalue weighted by atomic mass is 16.2. The standard InChI is InChI=1S/C14H27N3O/c15-7-6-13-5-4-8-16(11-13)12-14(18)17-9-2-1-3-10-17/h13H,1-12,15H2. The topological polar surface area (TPSA) is 49.6 Å². The Morgan fingerprint density at radius 1 is 1.11 bits per heavy atom. The van der Waals surface area contributed by atoms with E-state index in [4.69, 9.17) is 5.73 Å². The van der Waals surface area contributed by atoms with E-state index < -0.39 is 0 Å². The summed E-state index contributed by atoms with van der Waals surface area (Å²) in [4.78, 5) is 16.6. The Kier molecular flexibility index (Phi) is 5.45. The van der Waals surface area contributed by atoms with Crippen LogP contribution in [0, 0.1) is 5.92 Å². The molecule has 2 aliphatic heterocycles. The molecule has 4 nitrogen and oxygen atoms in total. The molecular weight excluding hydrogens is 226 g/mol. The summed E-state index contributed by atoms with van der Waals surface area (Å²) in [6.07, 6.45) is 7.26. The third kappa shape index (κ3) is 3.95. The third-order valence-corrected chi connectivity index (χ3v) is 4.25. The fourth-order valence-electron chi connectivity index (χ4n) is 3.20. The molecule has 2 fully saturated rings. The molecule has 0 spiro atoms. The molecule has 0 bridgehead atoms. The van der Waals surface area contributed by atoms with Crippen molar-refractivity contribution in [2.75, 3.05) is 39.3 Å². The molecular formula is C14H27N3O. The highest BCUT2D eigenvalue weighted by Crippen LogP contribution is 2.19. The molecule has 1 unspecified atom stereocenters. The highest BCUT2D eigenvalue weighted by molar-refractivity contribution is 5.78. The molecule has 104 valence electrons. The van der Waals surface area contributed by atoms with Crippen molar-refractivity contribution in [2.24, 2.45) is 11.7 Å². The van der Waals surface area contributed by atoms with Crippen molar-refractivity contribution in [1.29, 1.82) is 0 Å². The lowest BCUT2D eigenvalue weighted by atomic mass is 9.95. The van der Waals surface area contributed by atoms with E-state index in [9.17, 15) is 4.79 Å². The smallest absolute Gasteiger partial charge is 0.236 e. The summed E-state index contributed by atoms with van der Waals surface area (Å²) in [7, 11) is 0. The van der Waals surface area contributed by atoms with E-state index in [1.807, 2.05) is 0 Å². The third-order valence-electron chi connectivity index (χ3n) is 4.25. The minimum Gasteiger partial charge on any atom is -0.342 e. The van der Waals surface area contributed by atoms with Gasteiger partial charge in [0.15, 0.2) is 0 Å². The van der Waals surface area contributed by atoms with E-state index in [0.29, 0.717) is 18.4 Å². The fraction of sp³-hybridized carbons (Fsp3) is 0.929. The summed E-state index contributed by atoms with van der Waals surface area (Å²) in [6.45, 7) is 5.49. The van der Waals surface area contributed by atoms with Crippen LogP contribution in [-0.4, -0.2) is 55.0 Å². The maximum absolute atomic E-state index is 12.2. The van der Waals surface area contributed by atoms with E-state index in [-0.39, 0.29) is 0 Å². The lowest BCUT2D eigenvalue weighted by Gasteiger charge is -2.34. The van der Waals surface area contributed by atoms with Gasteiger partial charge in [0.2, 0.25) is 5.91 Å². The van der Waals surface area contributed by atoms with Crippen LogP contribution in [0.5, 0.6) is 0 Å². The lowest BCUT2D eigenvalue weighted by molar-refractivity contribution is -0.133. The SMILES string of the molecule is NCCC1CCCN(CC(=O)N2CCCCC2)C1. The number of hydrogen-bond donors (Lipinski definition) is 1. The number of carbonyl (C=O) groups excluding carboxylic acids is 1. The van der Waals surface area contributed by atoms with Gasteiger partial charge in [-0.3, -0.25) is 9.69 Å². The Labute approximate surface area is 110 Å². The van der Waals surface area contributed by atoms with Crippen LogP contribution in [0.4, 0.5) is 0 Å². The van der Waals surface area contributed by atoms with Crippen LogP contribution in [0.25, 0.3) is 0 Å². The Bertz CT molecular complexity index is 262. The van der Waals surface area contributed by atoms with Crippen LogP contribution in [0.15, 0.2) is 0 Å². The van der Waals surface area contributed by atoms with E-state index in [1.54, 1.807) is 0 Å². The normalized spacial score (nSPS) is 26.3. The van der Waals surface area contributed by atoms with E-state index >= 15 is 0 Å². The maximum atomic E-state index is 12.2. The highest BCUT2D eigenvalue weighted by Gasteiger charge is 2.23. The van der Waals surface area contributed by atoms with Gasteiger partial charge in [-0.2, -0.15) is 0 Å². The second-order valence-electron chi connectivity index (χ2n) is 5.76. The maximum Gasteiger partial charge on any atom is 0.236 e. The average molecular weight is 253 g/mol. The second-order valence-corrected chi connectivity index (χ2v) is 5.76. The van der Waals surface area contributed by atoms with Crippen LogP contribution >= 0.6 is 0 Å². The van der Waals surface area contributed by atoms with Crippen molar-refractivity contribution in [3.8, 4) is 0 Å². The van der Waals surface area contributed by atoms with Gasteiger partial charge >= 0.3 is 0 Å². The number of piperidine rings is 2. The number of carbonyl (C=O) groups is 1. The molecule has 2 aliphatic rings. The van der Waals surface area contributed by atoms with Crippen molar-refractivity contribution in [1.82, 2.24) is 9.80 Å². The predicted octanol–water partition coefficient (Wildman–Crippen LogP) is 1.06. The van der Waals surface area contributed by atoms with Gasteiger partial charge in [-0.15, -0.1) is 0 Å². The number of nitrogens with two attached hydrogens (primary N) is 1. The zero-order valence-corrected chi connectivity index (χ0v) is 11.4.